The molecule has 1 aromatic rings. The second-order valence-corrected chi connectivity index (χ2v) is 6.42. The van der Waals surface area contributed by atoms with Crippen molar-refractivity contribution in [1.82, 2.24) is 20.4 Å². The number of carbonyl (C=O) groups is 2. The van der Waals surface area contributed by atoms with E-state index in [1.54, 1.807) is 0 Å². The van der Waals surface area contributed by atoms with Crippen molar-refractivity contribution in [2.45, 2.75) is 51.6 Å². The molecule has 0 spiro atoms. The third kappa shape index (κ3) is 2.94. The molecule has 6 heteroatoms. The van der Waals surface area contributed by atoms with E-state index in [2.05, 4.69) is 15.7 Å². The first-order chi connectivity index (χ1) is 10.1. The number of nitrogens with one attached hydrogen (secondary N) is 2. The Balaban J connectivity index is 1.55. The van der Waals surface area contributed by atoms with Crippen LogP contribution in [0.25, 0.3) is 0 Å². The lowest BCUT2D eigenvalue weighted by Crippen LogP contribution is -2.40. The van der Waals surface area contributed by atoms with Crippen LogP contribution in [0.15, 0.2) is 12.3 Å². The zero-order chi connectivity index (χ0) is 14.9. The molecule has 0 aromatic carbocycles. The molecule has 0 unspecified atom stereocenters. The van der Waals surface area contributed by atoms with E-state index < -0.39 is 5.41 Å². The topological polar surface area (TPSA) is 76.0 Å². The van der Waals surface area contributed by atoms with Crippen molar-refractivity contribution < 1.29 is 9.59 Å². The Morgan fingerprint density at radius 3 is 2.95 bits per heavy atom. The minimum atomic E-state index is -0.634. The first kappa shape index (κ1) is 14.1. The summed E-state index contributed by atoms with van der Waals surface area (Å²) in [5.74, 6) is -0.144. The zero-order valence-electron chi connectivity index (χ0n) is 12.4. The fourth-order valence-electron chi connectivity index (χ4n) is 3.16. The summed E-state index contributed by atoms with van der Waals surface area (Å²) in [6.45, 7) is 2.65. The molecule has 6 nitrogen and oxygen atoms in total. The molecule has 2 heterocycles. The Kier molecular flexibility index (Phi) is 3.69. The predicted molar refractivity (Wildman–Crippen MR) is 77.3 cm³/mol. The van der Waals surface area contributed by atoms with Crippen molar-refractivity contribution in [3.05, 3.63) is 18.0 Å². The number of hydrogen-bond acceptors (Lipinski definition) is 3. The SMILES string of the molecule is C[C@]1(C(=O)NCc2ccn(C3CCCC3)n2)CNC(=O)C1. The lowest BCUT2D eigenvalue weighted by atomic mass is 9.88. The van der Waals surface area contributed by atoms with Gasteiger partial charge in [0.05, 0.1) is 23.7 Å². The second kappa shape index (κ2) is 5.50. The van der Waals surface area contributed by atoms with Crippen molar-refractivity contribution in [2.75, 3.05) is 6.54 Å². The first-order valence-electron chi connectivity index (χ1n) is 7.66. The molecule has 0 bridgehead atoms. The first-order valence-corrected chi connectivity index (χ1v) is 7.66. The Labute approximate surface area is 124 Å². The summed E-state index contributed by atoms with van der Waals surface area (Å²) in [6.07, 6.45) is 7.19. The molecule has 2 amide bonds. The molecular formula is C15H22N4O2. The van der Waals surface area contributed by atoms with Crippen molar-refractivity contribution in [3.8, 4) is 0 Å². The van der Waals surface area contributed by atoms with Crippen molar-refractivity contribution in [1.29, 1.82) is 0 Å². The van der Waals surface area contributed by atoms with Gasteiger partial charge in [0.2, 0.25) is 11.8 Å². The summed E-state index contributed by atoms with van der Waals surface area (Å²) in [5.41, 5.74) is 0.238. The van der Waals surface area contributed by atoms with Gasteiger partial charge < -0.3 is 10.6 Å². The summed E-state index contributed by atoms with van der Waals surface area (Å²) < 4.78 is 2.02. The van der Waals surface area contributed by atoms with Crippen LogP contribution in [0.2, 0.25) is 0 Å². The Hall–Kier alpha value is -1.85. The van der Waals surface area contributed by atoms with E-state index in [1.807, 2.05) is 23.9 Å². The van der Waals surface area contributed by atoms with Crippen LogP contribution in [-0.2, 0) is 16.1 Å². The largest absolute Gasteiger partial charge is 0.355 e. The van der Waals surface area contributed by atoms with E-state index >= 15 is 0 Å². The highest BCUT2D eigenvalue weighted by Crippen LogP contribution is 2.29. The Morgan fingerprint density at radius 2 is 2.29 bits per heavy atom. The van der Waals surface area contributed by atoms with Crippen LogP contribution in [-0.4, -0.2) is 28.1 Å². The van der Waals surface area contributed by atoms with Gasteiger partial charge in [0.25, 0.3) is 0 Å². The fourth-order valence-corrected chi connectivity index (χ4v) is 3.16. The van der Waals surface area contributed by atoms with Crippen molar-refractivity contribution in [2.24, 2.45) is 5.41 Å². The zero-order valence-corrected chi connectivity index (χ0v) is 12.4. The van der Waals surface area contributed by atoms with Crippen LogP contribution < -0.4 is 10.6 Å². The van der Waals surface area contributed by atoms with E-state index in [0.29, 0.717) is 19.1 Å². The molecule has 2 N–H and O–H groups in total. The molecular weight excluding hydrogens is 268 g/mol. The molecule has 1 aliphatic carbocycles. The molecule has 1 atom stereocenters. The summed E-state index contributed by atoms with van der Waals surface area (Å²) in [7, 11) is 0. The highest BCUT2D eigenvalue weighted by Gasteiger charge is 2.40. The predicted octanol–water partition coefficient (Wildman–Crippen LogP) is 1.14. The molecule has 3 rings (SSSR count). The minimum Gasteiger partial charge on any atom is -0.355 e. The smallest absolute Gasteiger partial charge is 0.228 e. The van der Waals surface area contributed by atoms with Gasteiger partial charge in [-0.3, -0.25) is 14.3 Å². The molecule has 1 saturated heterocycles. The average molecular weight is 290 g/mol. The minimum absolute atomic E-state index is 0.0573. The Bertz CT molecular complexity index is 548. The third-order valence-electron chi connectivity index (χ3n) is 4.57. The quantitative estimate of drug-likeness (QED) is 0.873. The highest BCUT2D eigenvalue weighted by molar-refractivity contribution is 5.92. The second-order valence-electron chi connectivity index (χ2n) is 6.42. The lowest BCUT2D eigenvalue weighted by Gasteiger charge is -2.19. The molecule has 21 heavy (non-hydrogen) atoms. The summed E-state index contributed by atoms with van der Waals surface area (Å²) in [6, 6.07) is 2.47. The molecule has 1 saturated carbocycles. The fraction of sp³-hybridized carbons (Fsp3) is 0.667. The van der Waals surface area contributed by atoms with E-state index in [4.69, 9.17) is 0 Å². The highest BCUT2D eigenvalue weighted by atomic mass is 16.2. The summed E-state index contributed by atoms with van der Waals surface area (Å²) >= 11 is 0. The van der Waals surface area contributed by atoms with Crippen LogP contribution in [0.5, 0.6) is 0 Å². The number of aromatic nitrogens is 2. The van der Waals surface area contributed by atoms with Gasteiger partial charge in [0.1, 0.15) is 0 Å². The van der Waals surface area contributed by atoms with Crippen molar-refractivity contribution in [3.63, 3.8) is 0 Å². The van der Waals surface area contributed by atoms with Gasteiger partial charge in [0.15, 0.2) is 0 Å². The number of nitrogens with zero attached hydrogens (tertiary/aromatic N) is 2. The van der Waals surface area contributed by atoms with Gasteiger partial charge in [0, 0.05) is 19.2 Å². The van der Waals surface area contributed by atoms with Gasteiger partial charge in [-0.05, 0) is 25.8 Å². The standard InChI is InChI=1S/C15H22N4O2/c1-15(8-13(20)17-10-15)14(21)16-9-11-6-7-19(18-11)12-4-2-3-5-12/h6-7,12H,2-5,8-10H2,1H3,(H,16,21)(H,17,20)/t15-/m1/s1. The maximum atomic E-state index is 12.2. The molecule has 1 aliphatic heterocycles. The van der Waals surface area contributed by atoms with Gasteiger partial charge in [-0.25, -0.2) is 0 Å². The maximum absolute atomic E-state index is 12.2. The molecule has 2 fully saturated rings. The third-order valence-corrected chi connectivity index (χ3v) is 4.57. The normalized spacial score (nSPS) is 26.0. The molecule has 114 valence electrons. The van der Waals surface area contributed by atoms with Crippen LogP contribution in [0.4, 0.5) is 0 Å². The van der Waals surface area contributed by atoms with Gasteiger partial charge in [-0.1, -0.05) is 12.8 Å². The summed E-state index contributed by atoms with van der Waals surface area (Å²) in [4.78, 5) is 23.5. The lowest BCUT2D eigenvalue weighted by molar-refractivity contribution is -0.131. The monoisotopic (exact) mass is 290 g/mol. The molecule has 1 aromatic heterocycles. The van der Waals surface area contributed by atoms with E-state index in [9.17, 15) is 9.59 Å². The van der Waals surface area contributed by atoms with Crippen LogP contribution in [0, 0.1) is 5.41 Å². The van der Waals surface area contributed by atoms with E-state index in [1.165, 1.54) is 25.7 Å². The van der Waals surface area contributed by atoms with Crippen LogP contribution in [0.1, 0.15) is 50.8 Å². The van der Waals surface area contributed by atoms with Crippen LogP contribution >= 0.6 is 0 Å². The average Bonchev–Trinajstić information content (AvgIpc) is 3.16. The Morgan fingerprint density at radius 1 is 1.52 bits per heavy atom. The number of rotatable bonds is 4. The van der Waals surface area contributed by atoms with E-state index in [-0.39, 0.29) is 18.2 Å². The van der Waals surface area contributed by atoms with Gasteiger partial charge in [-0.15, -0.1) is 0 Å². The maximum Gasteiger partial charge on any atom is 0.228 e. The van der Waals surface area contributed by atoms with Gasteiger partial charge in [-0.2, -0.15) is 5.10 Å². The molecule has 2 aliphatic rings. The van der Waals surface area contributed by atoms with E-state index in [0.717, 1.165) is 5.69 Å². The summed E-state index contributed by atoms with van der Waals surface area (Å²) in [5, 5.41) is 10.2. The number of carbonyl (C=O) groups excluding carboxylic acids is 2. The molecule has 0 radical (unpaired) electrons. The number of amides is 2. The van der Waals surface area contributed by atoms with Crippen LogP contribution in [0.3, 0.4) is 0 Å². The van der Waals surface area contributed by atoms with Crippen molar-refractivity contribution >= 4 is 11.8 Å². The number of hydrogen-bond donors (Lipinski definition) is 2. The van der Waals surface area contributed by atoms with Gasteiger partial charge >= 0.3 is 0 Å².